The molecule has 0 aromatic heterocycles. The summed E-state index contributed by atoms with van der Waals surface area (Å²) < 4.78 is 0. The van der Waals surface area contributed by atoms with Crippen molar-refractivity contribution in [2.24, 2.45) is 35.5 Å². The molecule has 0 N–H and O–H groups in total. The van der Waals surface area contributed by atoms with E-state index in [4.69, 9.17) is 0 Å². The van der Waals surface area contributed by atoms with Gasteiger partial charge in [-0.15, -0.1) is 0 Å². The minimum Gasteiger partial charge on any atom is -0.0654 e. The maximum Gasteiger partial charge on any atom is -0.0363 e. The molecule has 0 saturated carbocycles. The molecule has 0 aromatic carbocycles. The molecule has 0 heterocycles. The summed E-state index contributed by atoms with van der Waals surface area (Å²) in [4.78, 5) is 0. The van der Waals surface area contributed by atoms with Crippen LogP contribution in [0, 0.1) is 35.5 Å². The summed E-state index contributed by atoms with van der Waals surface area (Å²) in [5.74, 6) is 5.41. The second-order valence-corrected chi connectivity index (χ2v) is 9.02. The quantitative estimate of drug-likeness (QED) is 0.281. The molecule has 0 aromatic rings. The number of rotatable bonds is 14. The van der Waals surface area contributed by atoms with E-state index in [9.17, 15) is 0 Å². The fourth-order valence-corrected chi connectivity index (χ4v) is 4.07. The van der Waals surface area contributed by atoms with E-state index in [2.05, 4.69) is 55.4 Å². The van der Waals surface area contributed by atoms with E-state index < -0.39 is 0 Å². The standard InChI is InChI=1S/C23H48/c1-9-11-16-23(20(6)10-2)21(7)15-13-12-14-19(5)17-22(8)18(3)4/h18-23H,9-17H2,1-8H3. The Morgan fingerprint density at radius 1 is 0.609 bits per heavy atom. The molecule has 23 heavy (non-hydrogen) atoms. The van der Waals surface area contributed by atoms with Crippen LogP contribution in [-0.2, 0) is 0 Å². The fraction of sp³-hybridized carbons (Fsp3) is 1.00. The zero-order chi connectivity index (χ0) is 17.8. The topological polar surface area (TPSA) is 0 Å². The average Bonchev–Trinajstić information content (AvgIpc) is 2.51. The molecule has 0 spiro atoms. The summed E-state index contributed by atoms with van der Waals surface area (Å²) in [7, 11) is 0. The van der Waals surface area contributed by atoms with Gasteiger partial charge in [-0.25, -0.2) is 0 Å². The SMILES string of the molecule is CCCCC(C(C)CC)C(C)CCCCC(C)CC(C)C(C)C. The van der Waals surface area contributed by atoms with Gasteiger partial charge in [0.25, 0.3) is 0 Å². The van der Waals surface area contributed by atoms with Crippen LogP contribution in [0.1, 0.15) is 113 Å². The zero-order valence-electron chi connectivity index (χ0n) is 17.8. The van der Waals surface area contributed by atoms with Crippen molar-refractivity contribution in [3.63, 3.8) is 0 Å². The van der Waals surface area contributed by atoms with Crippen molar-refractivity contribution in [3.8, 4) is 0 Å². The molecule has 0 fully saturated rings. The van der Waals surface area contributed by atoms with Gasteiger partial charge < -0.3 is 0 Å². The Morgan fingerprint density at radius 2 is 1.22 bits per heavy atom. The van der Waals surface area contributed by atoms with Crippen molar-refractivity contribution in [3.05, 3.63) is 0 Å². The van der Waals surface area contributed by atoms with Gasteiger partial charge in [0.05, 0.1) is 0 Å². The van der Waals surface area contributed by atoms with E-state index in [-0.39, 0.29) is 0 Å². The van der Waals surface area contributed by atoms with Crippen molar-refractivity contribution in [1.82, 2.24) is 0 Å². The maximum atomic E-state index is 2.52. The highest BCUT2D eigenvalue weighted by Crippen LogP contribution is 2.32. The van der Waals surface area contributed by atoms with Gasteiger partial charge >= 0.3 is 0 Å². The fourth-order valence-electron chi connectivity index (χ4n) is 4.07. The third-order valence-electron chi connectivity index (χ3n) is 6.52. The highest BCUT2D eigenvalue weighted by Gasteiger charge is 2.21. The zero-order valence-corrected chi connectivity index (χ0v) is 17.8. The number of unbranched alkanes of at least 4 members (excludes halogenated alkanes) is 2. The molecule has 5 atom stereocenters. The molecule has 0 aliphatic carbocycles. The van der Waals surface area contributed by atoms with Crippen molar-refractivity contribution in [2.75, 3.05) is 0 Å². The average molecular weight is 325 g/mol. The van der Waals surface area contributed by atoms with Crippen molar-refractivity contribution >= 4 is 0 Å². The Kier molecular flexibility index (Phi) is 13.3. The van der Waals surface area contributed by atoms with Crippen LogP contribution < -0.4 is 0 Å². The molecule has 140 valence electrons. The minimum atomic E-state index is 0.840. The lowest BCUT2D eigenvalue weighted by Gasteiger charge is -2.29. The van der Waals surface area contributed by atoms with Crippen LogP contribution in [-0.4, -0.2) is 0 Å². The first kappa shape index (κ1) is 23.0. The van der Waals surface area contributed by atoms with Crippen LogP contribution in [0.2, 0.25) is 0 Å². The molecule has 0 bridgehead atoms. The smallest absolute Gasteiger partial charge is 0.0363 e. The van der Waals surface area contributed by atoms with Crippen LogP contribution in [0.4, 0.5) is 0 Å². The van der Waals surface area contributed by atoms with Gasteiger partial charge in [0.15, 0.2) is 0 Å². The normalized spacial score (nSPS) is 18.7. The molecule has 0 saturated heterocycles. The molecule has 0 aliphatic rings. The highest BCUT2D eigenvalue weighted by molar-refractivity contribution is 4.72. The molecule has 0 aliphatic heterocycles. The summed E-state index contributed by atoms with van der Waals surface area (Å²) in [6, 6.07) is 0. The minimum absolute atomic E-state index is 0.840. The van der Waals surface area contributed by atoms with E-state index >= 15 is 0 Å². The molecule has 0 nitrogen and oxygen atoms in total. The molecular weight excluding hydrogens is 276 g/mol. The molecule has 0 heteroatoms. The van der Waals surface area contributed by atoms with Crippen LogP contribution >= 0.6 is 0 Å². The van der Waals surface area contributed by atoms with Gasteiger partial charge in [0.1, 0.15) is 0 Å². The van der Waals surface area contributed by atoms with Gasteiger partial charge in [-0.05, 0) is 48.3 Å². The summed E-state index contributed by atoms with van der Waals surface area (Å²) in [5, 5.41) is 0. The summed E-state index contributed by atoms with van der Waals surface area (Å²) >= 11 is 0. The highest BCUT2D eigenvalue weighted by atomic mass is 14.3. The monoisotopic (exact) mass is 324 g/mol. The maximum absolute atomic E-state index is 2.52. The summed E-state index contributed by atoms with van der Waals surface area (Å²) in [6.45, 7) is 19.3. The Bertz CT molecular complexity index is 255. The third-order valence-corrected chi connectivity index (χ3v) is 6.52. The number of hydrogen-bond acceptors (Lipinski definition) is 0. The van der Waals surface area contributed by atoms with E-state index in [0.717, 1.165) is 35.5 Å². The molecule has 0 radical (unpaired) electrons. The van der Waals surface area contributed by atoms with Gasteiger partial charge in [0.2, 0.25) is 0 Å². The third kappa shape index (κ3) is 10.5. The lowest BCUT2D eigenvalue weighted by Crippen LogP contribution is -2.19. The van der Waals surface area contributed by atoms with Gasteiger partial charge in [0, 0.05) is 0 Å². The molecule has 0 rings (SSSR count). The molecule has 0 amide bonds. The lowest BCUT2D eigenvalue weighted by molar-refractivity contribution is 0.212. The van der Waals surface area contributed by atoms with Crippen molar-refractivity contribution in [2.45, 2.75) is 113 Å². The number of hydrogen-bond donors (Lipinski definition) is 0. The van der Waals surface area contributed by atoms with Crippen molar-refractivity contribution < 1.29 is 0 Å². The molecule has 5 unspecified atom stereocenters. The summed E-state index contributed by atoms with van der Waals surface area (Å²) in [5.41, 5.74) is 0. The largest absolute Gasteiger partial charge is 0.0654 e. The van der Waals surface area contributed by atoms with Gasteiger partial charge in [-0.2, -0.15) is 0 Å². The predicted octanol–water partition coefficient (Wildman–Crippen LogP) is 8.35. The van der Waals surface area contributed by atoms with Gasteiger partial charge in [-0.3, -0.25) is 0 Å². The van der Waals surface area contributed by atoms with E-state index in [1.807, 2.05) is 0 Å². The first-order valence-corrected chi connectivity index (χ1v) is 10.8. The molecular formula is C23H48. The Balaban J connectivity index is 4.03. The van der Waals surface area contributed by atoms with Gasteiger partial charge in [-0.1, -0.05) is 100 Å². The van der Waals surface area contributed by atoms with Crippen LogP contribution in [0.25, 0.3) is 0 Å². The van der Waals surface area contributed by atoms with E-state index in [0.29, 0.717) is 0 Å². The lowest BCUT2D eigenvalue weighted by atomic mass is 9.76. The van der Waals surface area contributed by atoms with Crippen LogP contribution in [0.15, 0.2) is 0 Å². The Morgan fingerprint density at radius 3 is 1.74 bits per heavy atom. The van der Waals surface area contributed by atoms with Crippen LogP contribution in [0.3, 0.4) is 0 Å². The Hall–Kier alpha value is 0. The van der Waals surface area contributed by atoms with E-state index in [1.165, 1.54) is 57.8 Å². The van der Waals surface area contributed by atoms with Crippen molar-refractivity contribution in [1.29, 1.82) is 0 Å². The Labute approximate surface area is 149 Å². The predicted molar refractivity (Wildman–Crippen MR) is 108 cm³/mol. The second-order valence-electron chi connectivity index (χ2n) is 9.02. The first-order chi connectivity index (χ1) is 10.8. The summed E-state index contributed by atoms with van der Waals surface area (Å²) in [6.07, 6.45) is 12.8. The first-order valence-electron chi connectivity index (χ1n) is 10.8. The van der Waals surface area contributed by atoms with Crippen LogP contribution in [0.5, 0.6) is 0 Å². The second kappa shape index (κ2) is 13.3. The van der Waals surface area contributed by atoms with E-state index in [1.54, 1.807) is 0 Å².